The first-order chi connectivity index (χ1) is 21.9. The Morgan fingerprint density at radius 3 is 1.34 bits per heavy atom. The highest BCUT2D eigenvalue weighted by Crippen LogP contribution is 2.47. The van der Waals surface area contributed by atoms with E-state index in [-0.39, 0.29) is 0 Å². The van der Waals surface area contributed by atoms with E-state index in [4.69, 9.17) is 0 Å². The lowest BCUT2D eigenvalue weighted by Gasteiger charge is -2.31. The topological polar surface area (TPSA) is 6.48 Å². The third-order valence-electron chi connectivity index (χ3n) is 8.65. The van der Waals surface area contributed by atoms with Gasteiger partial charge in [0.05, 0.1) is 11.4 Å². The van der Waals surface area contributed by atoms with Crippen LogP contribution in [0.3, 0.4) is 0 Å². The first-order valence-electron chi connectivity index (χ1n) is 15.4. The third kappa shape index (κ3) is 4.53. The monoisotopic (exact) mass is 564 g/mol. The summed E-state index contributed by atoms with van der Waals surface area (Å²) in [5.74, 6) is 0. The van der Waals surface area contributed by atoms with Crippen LogP contribution in [0.25, 0.3) is 27.6 Å². The Morgan fingerprint density at radius 1 is 0.386 bits per heavy atom. The number of allylic oxidation sites excluding steroid dienone is 1. The van der Waals surface area contributed by atoms with Gasteiger partial charge in [0.1, 0.15) is 0 Å². The molecule has 0 atom stereocenters. The van der Waals surface area contributed by atoms with Gasteiger partial charge in [-0.3, -0.25) is 0 Å². The van der Waals surface area contributed by atoms with Crippen LogP contribution < -0.4 is 9.80 Å². The first kappa shape index (κ1) is 26.1. The molecule has 0 saturated heterocycles. The van der Waals surface area contributed by atoms with Crippen molar-refractivity contribution in [2.75, 3.05) is 9.80 Å². The Labute approximate surface area is 258 Å². The molecule has 44 heavy (non-hydrogen) atoms. The van der Waals surface area contributed by atoms with Crippen molar-refractivity contribution >= 4 is 61.7 Å². The van der Waals surface area contributed by atoms with Crippen molar-refractivity contribution in [2.45, 2.75) is 12.8 Å². The van der Waals surface area contributed by atoms with Crippen LogP contribution in [0.1, 0.15) is 17.5 Å². The highest BCUT2D eigenvalue weighted by Gasteiger charge is 2.24. The Balaban J connectivity index is 1.46. The minimum absolute atomic E-state index is 0.997. The quantitative estimate of drug-likeness (QED) is 0.185. The van der Waals surface area contributed by atoms with Crippen molar-refractivity contribution in [3.05, 3.63) is 175 Å². The van der Waals surface area contributed by atoms with E-state index in [1.54, 1.807) is 0 Å². The van der Waals surface area contributed by atoms with Gasteiger partial charge in [-0.25, -0.2) is 0 Å². The van der Waals surface area contributed by atoms with Crippen LogP contribution in [0.5, 0.6) is 0 Å². The normalized spacial score (nSPS) is 12.3. The fourth-order valence-corrected chi connectivity index (χ4v) is 6.71. The number of nitrogens with zero attached hydrogens (tertiary/aromatic N) is 2. The molecule has 7 aromatic carbocycles. The number of para-hydroxylation sites is 4. The second kappa shape index (κ2) is 11.2. The maximum absolute atomic E-state index is 2.44. The summed E-state index contributed by atoms with van der Waals surface area (Å²) >= 11 is 0. The number of hydrogen-bond donors (Lipinski definition) is 0. The Morgan fingerprint density at radius 2 is 0.818 bits per heavy atom. The zero-order valence-electron chi connectivity index (χ0n) is 24.5. The van der Waals surface area contributed by atoms with Crippen LogP contribution in [0.2, 0.25) is 0 Å². The van der Waals surface area contributed by atoms with Gasteiger partial charge in [0.15, 0.2) is 0 Å². The van der Waals surface area contributed by atoms with E-state index in [2.05, 4.69) is 180 Å². The average molecular weight is 565 g/mol. The molecule has 2 nitrogen and oxygen atoms in total. The van der Waals surface area contributed by atoms with Gasteiger partial charge in [0.2, 0.25) is 0 Å². The standard InChI is InChI=1S/C42H32N2/c1-5-17-31(18-6-1)43(32-19-7-2-8-20-32)41-29-39-36-26-14-16-28-38(36)42(30-40(39)35-25-13-15-27-37(35)41)44(33-21-9-3-10-22-33)34-23-11-4-12-24-34/h1-15,17-27,29-30H,16,28H2. The van der Waals surface area contributed by atoms with Gasteiger partial charge in [0.25, 0.3) is 0 Å². The van der Waals surface area contributed by atoms with Crippen LogP contribution >= 0.6 is 0 Å². The zero-order chi connectivity index (χ0) is 29.3. The van der Waals surface area contributed by atoms with E-state index < -0.39 is 0 Å². The molecule has 0 heterocycles. The largest absolute Gasteiger partial charge is 0.310 e. The van der Waals surface area contributed by atoms with Crippen molar-refractivity contribution < 1.29 is 0 Å². The van der Waals surface area contributed by atoms with E-state index in [0.717, 1.165) is 35.6 Å². The molecule has 0 fully saturated rings. The summed E-state index contributed by atoms with van der Waals surface area (Å²) in [5, 5.41) is 5.03. The summed E-state index contributed by atoms with van der Waals surface area (Å²) in [5.41, 5.74) is 9.74. The van der Waals surface area contributed by atoms with Crippen molar-refractivity contribution in [3.8, 4) is 0 Å². The van der Waals surface area contributed by atoms with Crippen molar-refractivity contribution in [1.29, 1.82) is 0 Å². The molecule has 0 radical (unpaired) electrons. The third-order valence-corrected chi connectivity index (χ3v) is 8.65. The molecule has 210 valence electrons. The van der Waals surface area contributed by atoms with Crippen molar-refractivity contribution in [1.82, 2.24) is 0 Å². The van der Waals surface area contributed by atoms with Gasteiger partial charge in [0, 0.05) is 28.1 Å². The maximum Gasteiger partial charge on any atom is 0.0546 e. The minimum Gasteiger partial charge on any atom is -0.310 e. The predicted octanol–water partition coefficient (Wildman–Crippen LogP) is 11.9. The Kier molecular flexibility index (Phi) is 6.66. The molecule has 2 heteroatoms. The molecule has 7 aromatic rings. The summed E-state index contributed by atoms with van der Waals surface area (Å²) in [7, 11) is 0. The molecular formula is C42H32N2. The smallest absolute Gasteiger partial charge is 0.0546 e. The Bertz CT molecular complexity index is 2020. The number of fused-ring (bicyclic) bond motifs is 5. The fraction of sp³-hybridized carbons (Fsp3) is 0.0476. The number of anilines is 6. The molecule has 0 N–H and O–H groups in total. The minimum atomic E-state index is 0.997. The average Bonchev–Trinajstić information content (AvgIpc) is 3.11. The number of benzene rings is 7. The predicted molar refractivity (Wildman–Crippen MR) is 188 cm³/mol. The molecular weight excluding hydrogens is 532 g/mol. The molecule has 0 bridgehead atoms. The highest BCUT2D eigenvalue weighted by atomic mass is 15.2. The molecule has 0 spiro atoms. The lowest BCUT2D eigenvalue weighted by Crippen LogP contribution is -2.14. The molecule has 1 aliphatic rings. The van der Waals surface area contributed by atoms with Gasteiger partial charge >= 0.3 is 0 Å². The zero-order valence-corrected chi connectivity index (χ0v) is 24.5. The van der Waals surface area contributed by atoms with Gasteiger partial charge in [-0.05, 0) is 101 Å². The molecule has 0 aromatic heterocycles. The first-order valence-corrected chi connectivity index (χ1v) is 15.4. The molecule has 8 rings (SSSR count). The van der Waals surface area contributed by atoms with Crippen LogP contribution in [0, 0.1) is 0 Å². The lowest BCUT2D eigenvalue weighted by molar-refractivity contribution is 0.983. The maximum atomic E-state index is 2.44. The van der Waals surface area contributed by atoms with Crippen molar-refractivity contribution in [2.24, 2.45) is 0 Å². The van der Waals surface area contributed by atoms with Crippen molar-refractivity contribution in [3.63, 3.8) is 0 Å². The second-order valence-electron chi connectivity index (χ2n) is 11.3. The van der Waals surface area contributed by atoms with Crippen LogP contribution in [0.15, 0.2) is 164 Å². The van der Waals surface area contributed by atoms with Crippen LogP contribution in [0.4, 0.5) is 34.1 Å². The van der Waals surface area contributed by atoms with Crippen LogP contribution in [-0.4, -0.2) is 0 Å². The van der Waals surface area contributed by atoms with E-state index in [9.17, 15) is 0 Å². The van der Waals surface area contributed by atoms with E-state index in [1.165, 1.54) is 44.0 Å². The molecule has 1 aliphatic carbocycles. The molecule has 0 saturated carbocycles. The highest BCUT2D eigenvalue weighted by molar-refractivity contribution is 6.18. The van der Waals surface area contributed by atoms with E-state index in [0.29, 0.717) is 0 Å². The van der Waals surface area contributed by atoms with E-state index in [1.807, 2.05) is 0 Å². The van der Waals surface area contributed by atoms with Gasteiger partial charge in [-0.15, -0.1) is 0 Å². The van der Waals surface area contributed by atoms with E-state index >= 15 is 0 Å². The lowest BCUT2D eigenvalue weighted by atomic mass is 9.87. The molecule has 0 unspecified atom stereocenters. The molecule has 0 amide bonds. The van der Waals surface area contributed by atoms with Gasteiger partial charge in [-0.1, -0.05) is 109 Å². The number of hydrogen-bond acceptors (Lipinski definition) is 2. The summed E-state index contributed by atoms with van der Waals surface area (Å²) in [6.45, 7) is 0. The number of rotatable bonds is 6. The summed E-state index contributed by atoms with van der Waals surface area (Å²) < 4.78 is 0. The van der Waals surface area contributed by atoms with Gasteiger partial charge in [-0.2, -0.15) is 0 Å². The SMILES string of the molecule is C1=Cc2c(c(N(c3ccccc3)c3ccccc3)cc3c2cc(N(c2ccccc2)c2ccccc2)c2ccccc23)CC1. The second-order valence-corrected chi connectivity index (χ2v) is 11.3. The molecule has 0 aliphatic heterocycles. The fourth-order valence-electron chi connectivity index (χ4n) is 6.71. The Hall–Kier alpha value is -5.60. The van der Waals surface area contributed by atoms with Crippen LogP contribution in [-0.2, 0) is 6.42 Å². The summed E-state index contributed by atoms with van der Waals surface area (Å²) in [6.07, 6.45) is 6.72. The summed E-state index contributed by atoms with van der Waals surface area (Å²) in [4.78, 5) is 4.83. The van der Waals surface area contributed by atoms with Gasteiger partial charge < -0.3 is 9.80 Å². The summed E-state index contributed by atoms with van der Waals surface area (Å²) in [6, 6.07) is 56.7.